The summed E-state index contributed by atoms with van der Waals surface area (Å²) in [5.41, 5.74) is 1.22. The van der Waals surface area contributed by atoms with Crippen molar-refractivity contribution in [2.45, 2.75) is 57.4 Å². The lowest BCUT2D eigenvalue weighted by Gasteiger charge is -2.28. The summed E-state index contributed by atoms with van der Waals surface area (Å²) in [6.07, 6.45) is 5.14. The molecule has 2 saturated carbocycles. The van der Waals surface area contributed by atoms with Crippen molar-refractivity contribution >= 4 is 15.9 Å². The van der Waals surface area contributed by atoms with Crippen molar-refractivity contribution in [2.24, 2.45) is 17.8 Å². The van der Waals surface area contributed by atoms with Gasteiger partial charge in [-0.1, -0.05) is 19.4 Å². The highest BCUT2D eigenvalue weighted by molar-refractivity contribution is 7.89. The standard InChI is InChI=1S/C19H28N2O3S/c1-4-20-25(23,24)16-8-5-12(2)17(11-16)19(22)21-13(3)18-10-14-6-7-15(18)9-14/h5,8,11,13-15,18,20H,4,6-7,9-10H2,1-3H3,(H,21,22)/t13-,14+,15+,18+/m0/s1. The molecule has 1 amide bonds. The number of carbonyl (C=O) groups excluding carboxylic acids is 1. The molecule has 5 nitrogen and oxygen atoms in total. The number of rotatable bonds is 6. The summed E-state index contributed by atoms with van der Waals surface area (Å²) in [4.78, 5) is 12.9. The Labute approximate surface area is 150 Å². The number of hydrogen-bond acceptors (Lipinski definition) is 3. The van der Waals surface area contributed by atoms with Gasteiger partial charge in [-0.15, -0.1) is 0 Å². The maximum Gasteiger partial charge on any atom is 0.251 e. The number of hydrogen-bond donors (Lipinski definition) is 2. The van der Waals surface area contributed by atoms with Crippen LogP contribution in [0.15, 0.2) is 23.1 Å². The number of aryl methyl sites for hydroxylation is 1. The van der Waals surface area contributed by atoms with Crippen molar-refractivity contribution in [1.29, 1.82) is 0 Å². The van der Waals surface area contributed by atoms with Crippen molar-refractivity contribution in [2.75, 3.05) is 6.54 Å². The zero-order valence-corrected chi connectivity index (χ0v) is 16.0. The first-order valence-corrected chi connectivity index (χ1v) is 10.7. The van der Waals surface area contributed by atoms with Crippen molar-refractivity contribution in [3.63, 3.8) is 0 Å². The predicted octanol–water partition coefficient (Wildman–Crippen LogP) is 2.85. The van der Waals surface area contributed by atoms with E-state index in [0.717, 1.165) is 17.4 Å². The quantitative estimate of drug-likeness (QED) is 0.815. The molecule has 1 aromatic rings. The highest BCUT2D eigenvalue weighted by atomic mass is 32.2. The van der Waals surface area contributed by atoms with E-state index in [-0.39, 0.29) is 16.8 Å². The van der Waals surface area contributed by atoms with Gasteiger partial charge in [-0.3, -0.25) is 4.79 Å². The fourth-order valence-electron chi connectivity index (χ4n) is 4.58. The maximum absolute atomic E-state index is 12.7. The molecule has 0 unspecified atom stereocenters. The fraction of sp³-hybridized carbons (Fsp3) is 0.632. The molecule has 25 heavy (non-hydrogen) atoms. The summed E-state index contributed by atoms with van der Waals surface area (Å²) in [6.45, 7) is 5.97. The highest BCUT2D eigenvalue weighted by Gasteiger charge is 2.42. The Kier molecular flexibility index (Phi) is 5.21. The van der Waals surface area contributed by atoms with Crippen LogP contribution in [0.5, 0.6) is 0 Å². The van der Waals surface area contributed by atoms with Gasteiger partial charge in [-0.25, -0.2) is 13.1 Å². The monoisotopic (exact) mass is 364 g/mol. The Balaban J connectivity index is 1.75. The average Bonchev–Trinajstić information content (AvgIpc) is 3.18. The predicted molar refractivity (Wildman–Crippen MR) is 97.9 cm³/mol. The number of amides is 1. The summed E-state index contributed by atoms with van der Waals surface area (Å²) >= 11 is 0. The SMILES string of the molecule is CCNS(=O)(=O)c1ccc(C)c(C(=O)N[C@@H](C)[C@H]2C[C@@H]3CC[C@@H]2C3)c1. The second kappa shape index (κ2) is 7.08. The molecule has 2 bridgehead atoms. The smallest absolute Gasteiger partial charge is 0.251 e. The van der Waals surface area contributed by atoms with Crippen LogP contribution < -0.4 is 10.0 Å². The van der Waals surface area contributed by atoms with Gasteiger partial charge in [0, 0.05) is 18.2 Å². The lowest BCUT2D eigenvalue weighted by Crippen LogP contribution is -2.40. The Morgan fingerprint density at radius 1 is 1.28 bits per heavy atom. The average molecular weight is 365 g/mol. The van der Waals surface area contributed by atoms with Crippen LogP contribution in [0.2, 0.25) is 0 Å². The summed E-state index contributed by atoms with van der Waals surface area (Å²) in [6, 6.07) is 4.84. The molecule has 6 heteroatoms. The van der Waals surface area contributed by atoms with Crippen LogP contribution in [0.1, 0.15) is 55.5 Å². The number of fused-ring (bicyclic) bond motifs is 2. The molecule has 138 valence electrons. The fourth-order valence-corrected chi connectivity index (χ4v) is 5.65. The van der Waals surface area contributed by atoms with Crippen LogP contribution in [0.4, 0.5) is 0 Å². The van der Waals surface area contributed by atoms with E-state index < -0.39 is 10.0 Å². The molecule has 2 aliphatic carbocycles. The largest absolute Gasteiger partial charge is 0.349 e. The van der Waals surface area contributed by atoms with Crippen molar-refractivity contribution in [3.8, 4) is 0 Å². The van der Waals surface area contributed by atoms with E-state index in [1.165, 1.54) is 31.7 Å². The zero-order valence-electron chi connectivity index (χ0n) is 15.2. The van der Waals surface area contributed by atoms with Crippen LogP contribution in [-0.2, 0) is 10.0 Å². The Morgan fingerprint density at radius 2 is 2.04 bits per heavy atom. The van der Waals surface area contributed by atoms with E-state index in [1.807, 2.05) is 6.92 Å². The Hall–Kier alpha value is -1.40. The van der Waals surface area contributed by atoms with E-state index in [0.29, 0.717) is 18.0 Å². The van der Waals surface area contributed by atoms with Gasteiger partial charge in [0.25, 0.3) is 5.91 Å². The van der Waals surface area contributed by atoms with Crippen molar-refractivity contribution < 1.29 is 13.2 Å². The second-order valence-corrected chi connectivity index (χ2v) is 9.35. The maximum atomic E-state index is 12.7. The molecule has 3 rings (SSSR count). The zero-order chi connectivity index (χ0) is 18.2. The first kappa shape index (κ1) is 18.4. The molecule has 2 N–H and O–H groups in total. The number of benzene rings is 1. The minimum absolute atomic E-state index is 0.122. The van der Waals surface area contributed by atoms with Gasteiger partial charge in [0.2, 0.25) is 10.0 Å². The molecule has 2 aliphatic rings. The molecule has 0 aromatic heterocycles. The van der Waals surface area contributed by atoms with Crippen LogP contribution in [0.25, 0.3) is 0 Å². The van der Waals surface area contributed by atoms with Crippen LogP contribution in [0, 0.1) is 24.7 Å². The molecule has 0 aliphatic heterocycles. The first-order chi connectivity index (χ1) is 11.8. The third kappa shape index (κ3) is 3.75. The van der Waals surface area contributed by atoms with Gasteiger partial charge in [0.05, 0.1) is 4.90 Å². The number of nitrogens with one attached hydrogen (secondary N) is 2. The van der Waals surface area contributed by atoms with E-state index in [4.69, 9.17) is 0 Å². The van der Waals surface area contributed by atoms with E-state index in [2.05, 4.69) is 17.0 Å². The van der Waals surface area contributed by atoms with Crippen LogP contribution in [0.3, 0.4) is 0 Å². The lowest BCUT2D eigenvalue weighted by atomic mass is 9.84. The van der Waals surface area contributed by atoms with Gasteiger partial charge < -0.3 is 5.32 Å². The van der Waals surface area contributed by atoms with Crippen LogP contribution in [-0.4, -0.2) is 26.9 Å². The molecule has 0 heterocycles. The van der Waals surface area contributed by atoms with Crippen molar-refractivity contribution in [3.05, 3.63) is 29.3 Å². The molecule has 2 fully saturated rings. The number of sulfonamides is 1. The molecule has 0 saturated heterocycles. The second-order valence-electron chi connectivity index (χ2n) is 7.58. The van der Waals surface area contributed by atoms with Gasteiger partial charge in [0.15, 0.2) is 0 Å². The normalized spacial score (nSPS) is 26.6. The molecular formula is C19H28N2O3S. The molecule has 0 spiro atoms. The third-order valence-corrected chi connectivity index (χ3v) is 7.44. The topological polar surface area (TPSA) is 75.3 Å². The summed E-state index contributed by atoms with van der Waals surface area (Å²) in [5.74, 6) is 1.95. The minimum atomic E-state index is -3.56. The van der Waals surface area contributed by atoms with Crippen molar-refractivity contribution in [1.82, 2.24) is 10.0 Å². The molecule has 1 aromatic carbocycles. The summed E-state index contributed by atoms with van der Waals surface area (Å²) < 4.78 is 26.9. The van der Waals surface area contributed by atoms with Gasteiger partial charge in [-0.2, -0.15) is 0 Å². The lowest BCUT2D eigenvalue weighted by molar-refractivity contribution is 0.0914. The number of carbonyl (C=O) groups is 1. The van der Waals surface area contributed by atoms with E-state index >= 15 is 0 Å². The van der Waals surface area contributed by atoms with Crippen LogP contribution >= 0.6 is 0 Å². The molecule has 4 atom stereocenters. The Morgan fingerprint density at radius 3 is 2.64 bits per heavy atom. The summed E-state index contributed by atoms with van der Waals surface area (Å²) in [7, 11) is -3.56. The van der Waals surface area contributed by atoms with E-state index in [1.54, 1.807) is 19.1 Å². The Bertz CT molecular complexity index is 760. The van der Waals surface area contributed by atoms with Gasteiger partial charge >= 0.3 is 0 Å². The third-order valence-electron chi connectivity index (χ3n) is 5.89. The minimum Gasteiger partial charge on any atom is -0.349 e. The molecule has 0 radical (unpaired) electrons. The summed E-state index contributed by atoms with van der Waals surface area (Å²) in [5, 5.41) is 3.12. The highest BCUT2D eigenvalue weighted by Crippen LogP contribution is 2.49. The first-order valence-electron chi connectivity index (χ1n) is 9.23. The van der Waals surface area contributed by atoms with Gasteiger partial charge in [-0.05, 0) is 68.6 Å². The van der Waals surface area contributed by atoms with E-state index in [9.17, 15) is 13.2 Å². The van der Waals surface area contributed by atoms with Gasteiger partial charge in [0.1, 0.15) is 0 Å². The molecular weight excluding hydrogens is 336 g/mol.